The predicted octanol–water partition coefficient (Wildman–Crippen LogP) is -0.00560. The van der Waals surface area contributed by atoms with Crippen LogP contribution in [-0.2, 0) is 14.3 Å². The monoisotopic (exact) mass is 215 g/mol. The minimum Gasteiger partial charge on any atom is -0.466 e. The van der Waals surface area contributed by atoms with Crippen molar-refractivity contribution in [1.82, 2.24) is 5.32 Å². The average molecular weight is 215 g/mol. The molecule has 0 aliphatic carbocycles. The van der Waals surface area contributed by atoms with Crippen molar-refractivity contribution in [2.75, 3.05) is 20.3 Å². The standard InChI is InChI=1S/C10H17NO4/c1-15-10(14)6-5-9(13)11-7-3-2-4-8-12/h5-6,12H,2-4,7-8H2,1H3,(H,11,13)/b6-5-. The SMILES string of the molecule is COC(=O)/C=C\C(=O)NCCCCCO. The Bertz CT molecular complexity index is 225. The lowest BCUT2D eigenvalue weighted by molar-refractivity contribution is -0.135. The topological polar surface area (TPSA) is 75.6 Å². The third-order valence-electron chi connectivity index (χ3n) is 1.71. The van der Waals surface area contributed by atoms with Gasteiger partial charge in [0, 0.05) is 25.3 Å². The summed E-state index contributed by atoms with van der Waals surface area (Å²) in [5.74, 6) is -0.866. The van der Waals surface area contributed by atoms with Crippen LogP contribution in [-0.4, -0.2) is 37.2 Å². The van der Waals surface area contributed by atoms with Gasteiger partial charge < -0.3 is 15.2 Å². The van der Waals surface area contributed by atoms with Gasteiger partial charge >= 0.3 is 5.97 Å². The Morgan fingerprint density at radius 2 is 2.00 bits per heavy atom. The molecule has 0 saturated carbocycles. The summed E-state index contributed by atoms with van der Waals surface area (Å²) in [6, 6.07) is 0. The maximum Gasteiger partial charge on any atom is 0.330 e. The summed E-state index contributed by atoms with van der Waals surface area (Å²) in [7, 11) is 1.25. The summed E-state index contributed by atoms with van der Waals surface area (Å²) in [5.41, 5.74) is 0. The van der Waals surface area contributed by atoms with Crippen molar-refractivity contribution < 1.29 is 19.4 Å². The van der Waals surface area contributed by atoms with Gasteiger partial charge in [0.05, 0.1) is 7.11 Å². The summed E-state index contributed by atoms with van der Waals surface area (Å²) in [5, 5.41) is 11.1. The Kier molecular flexibility index (Phi) is 8.37. The number of carbonyl (C=O) groups excluding carboxylic acids is 2. The molecule has 5 nitrogen and oxygen atoms in total. The van der Waals surface area contributed by atoms with E-state index in [1.54, 1.807) is 0 Å². The second-order valence-corrected chi connectivity index (χ2v) is 2.93. The maximum atomic E-state index is 11.0. The van der Waals surface area contributed by atoms with Crippen LogP contribution in [0.5, 0.6) is 0 Å². The van der Waals surface area contributed by atoms with E-state index in [9.17, 15) is 9.59 Å². The van der Waals surface area contributed by atoms with Crippen LogP contribution in [0.1, 0.15) is 19.3 Å². The number of nitrogens with one attached hydrogen (secondary N) is 1. The van der Waals surface area contributed by atoms with Gasteiger partial charge in [-0.15, -0.1) is 0 Å². The van der Waals surface area contributed by atoms with Crippen LogP contribution in [0.25, 0.3) is 0 Å². The first-order valence-corrected chi connectivity index (χ1v) is 4.85. The molecule has 0 radical (unpaired) electrons. The lowest BCUT2D eigenvalue weighted by Gasteiger charge is -2.00. The van der Waals surface area contributed by atoms with Gasteiger partial charge in [0.15, 0.2) is 0 Å². The molecule has 0 aliphatic heterocycles. The fraction of sp³-hybridized carbons (Fsp3) is 0.600. The number of carbonyl (C=O) groups is 2. The minimum absolute atomic E-state index is 0.177. The second kappa shape index (κ2) is 9.21. The molecule has 0 bridgehead atoms. The summed E-state index contributed by atoms with van der Waals surface area (Å²) in [6.45, 7) is 0.723. The van der Waals surface area contributed by atoms with Crippen molar-refractivity contribution in [3.05, 3.63) is 12.2 Å². The number of amides is 1. The van der Waals surface area contributed by atoms with E-state index in [1.807, 2.05) is 0 Å². The molecule has 0 fully saturated rings. The van der Waals surface area contributed by atoms with Gasteiger partial charge in [-0.2, -0.15) is 0 Å². The third kappa shape index (κ3) is 8.96. The third-order valence-corrected chi connectivity index (χ3v) is 1.71. The molecule has 86 valence electrons. The Labute approximate surface area is 89.1 Å². The highest BCUT2D eigenvalue weighted by molar-refractivity contribution is 5.94. The summed E-state index contributed by atoms with van der Waals surface area (Å²) in [6.07, 6.45) is 4.64. The molecule has 0 spiro atoms. The van der Waals surface area contributed by atoms with Crippen molar-refractivity contribution >= 4 is 11.9 Å². The normalized spacial score (nSPS) is 10.3. The molecular formula is C10H17NO4. The van der Waals surface area contributed by atoms with Crippen LogP contribution in [0.2, 0.25) is 0 Å². The number of aliphatic hydroxyl groups excluding tert-OH is 1. The first-order valence-electron chi connectivity index (χ1n) is 4.85. The van der Waals surface area contributed by atoms with Crippen LogP contribution >= 0.6 is 0 Å². The molecule has 15 heavy (non-hydrogen) atoms. The minimum atomic E-state index is -0.551. The van der Waals surface area contributed by atoms with E-state index < -0.39 is 5.97 Å². The highest BCUT2D eigenvalue weighted by atomic mass is 16.5. The number of unbranched alkanes of at least 4 members (excludes halogenated alkanes) is 2. The molecule has 0 aliphatic rings. The molecule has 0 aromatic heterocycles. The van der Waals surface area contributed by atoms with Gasteiger partial charge in [0.1, 0.15) is 0 Å². The van der Waals surface area contributed by atoms with Crippen molar-refractivity contribution in [3.8, 4) is 0 Å². The molecule has 0 heterocycles. The Balaban J connectivity index is 3.49. The van der Waals surface area contributed by atoms with Gasteiger partial charge in [-0.3, -0.25) is 4.79 Å². The highest BCUT2D eigenvalue weighted by Crippen LogP contribution is 1.91. The maximum absolute atomic E-state index is 11.0. The van der Waals surface area contributed by atoms with E-state index in [1.165, 1.54) is 7.11 Å². The summed E-state index contributed by atoms with van der Waals surface area (Å²) >= 11 is 0. The molecule has 0 saturated heterocycles. The number of ether oxygens (including phenoxy) is 1. The number of methoxy groups -OCH3 is 1. The summed E-state index contributed by atoms with van der Waals surface area (Å²) < 4.78 is 4.32. The van der Waals surface area contributed by atoms with Gasteiger partial charge in [0.25, 0.3) is 0 Å². The number of hydrogen-bond donors (Lipinski definition) is 2. The van der Waals surface area contributed by atoms with E-state index in [0.29, 0.717) is 6.54 Å². The number of aliphatic hydroxyl groups is 1. The van der Waals surface area contributed by atoms with Gasteiger partial charge in [-0.1, -0.05) is 0 Å². The fourth-order valence-electron chi connectivity index (χ4n) is 0.896. The zero-order valence-corrected chi connectivity index (χ0v) is 8.86. The lowest BCUT2D eigenvalue weighted by Crippen LogP contribution is -2.22. The fourth-order valence-corrected chi connectivity index (χ4v) is 0.896. The highest BCUT2D eigenvalue weighted by Gasteiger charge is 1.96. The smallest absolute Gasteiger partial charge is 0.330 e. The van der Waals surface area contributed by atoms with Crippen molar-refractivity contribution in [1.29, 1.82) is 0 Å². The molecule has 0 aromatic carbocycles. The number of hydrogen-bond acceptors (Lipinski definition) is 4. The largest absolute Gasteiger partial charge is 0.466 e. The quantitative estimate of drug-likeness (QED) is 0.356. The van der Waals surface area contributed by atoms with Crippen LogP contribution in [0, 0.1) is 0 Å². The Morgan fingerprint density at radius 3 is 2.60 bits per heavy atom. The molecule has 0 unspecified atom stereocenters. The van der Waals surface area contributed by atoms with Gasteiger partial charge in [0.2, 0.25) is 5.91 Å². The van der Waals surface area contributed by atoms with Crippen LogP contribution < -0.4 is 5.32 Å². The lowest BCUT2D eigenvalue weighted by atomic mass is 10.2. The van der Waals surface area contributed by atoms with E-state index >= 15 is 0 Å². The second-order valence-electron chi connectivity index (χ2n) is 2.93. The number of rotatable bonds is 7. The predicted molar refractivity (Wildman–Crippen MR) is 55.1 cm³/mol. The first-order chi connectivity index (χ1) is 7.20. The summed E-state index contributed by atoms with van der Waals surface area (Å²) in [4.78, 5) is 21.7. The van der Waals surface area contributed by atoms with E-state index in [4.69, 9.17) is 5.11 Å². The van der Waals surface area contributed by atoms with Crippen LogP contribution in [0.15, 0.2) is 12.2 Å². The van der Waals surface area contributed by atoms with E-state index in [2.05, 4.69) is 10.1 Å². The van der Waals surface area contributed by atoms with Crippen LogP contribution in [0.3, 0.4) is 0 Å². The molecular weight excluding hydrogens is 198 g/mol. The molecule has 1 amide bonds. The molecule has 0 rings (SSSR count). The molecule has 5 heteroatoms. The van der Waals surface area contributed by atoms with Gasteiger partial charge in [-0.05, 0) is 19.3 Å². The van der Waals surface area contributed by atoms with E-state index in [-0.39, 0.29) is 12.5 Å². The molecule has 0 atom stereocenters. The van der Waals surface area contributed by atoms with Crippen LogP contribution in [0.4, 0.5) is 0 Å². The number of esters is 1. The van der Waals surface area contributed by atoms with Gasteiger partial charge in [-0.25, -0.2) is 4.79 Å². The molecule has 0 aromatic rings. The van der Waals surface area contributed by atoms with Crippen molar-refractivity contribution in [2.45, 2.75) is 19.3 Å². The molecule has 2 N–H and O–H groups in total. The van der Waals surface area contributed by atoms with Crippen molar-refractivity contribution in [3.63, 3.8) is 0 Å². The zero-order valence-electron chi connectivity index (χ0n) is 8.86. The first kappa shape index (κ1) is 13.6. The Morgan fingerprint density at radius 1 is 1.27 bits per heavy atom. The van der Waals surface area contributed by atoms with E-state index in [0.717, 1.165) is 31.4 Å². The van der Waals surface area contributed by atoms with Crippen molar-refractivity contribution in [2.24, 2.45) is 0 Å². The zero-order chi connectivity index (χ0) is 11.5. The average Bonchev–Trinajstić information content (AvgIpc) is 2.25. The Hall–Kier alpha value is -1.36.